The molecule has 1 aliphatic heterocycles. The van der Waals surface area contributed by atoms with E-state index in [9.17, 15) is 14.9 Å². The second-order valence-corrected chi connectivity index (χ2v) is 7.54. The molecule has 30 heavy (non-hydrogen) atoms. The van der Waals surface area contributed by atoms with E-state index in [1.165, 1.54) is 37.8 Å². The lowest BCUT2D eigenvalue weighted by Gasteiger charge is -2.21. The molecule has 0 aliphatic carbocycles. The largest absolute Gasteiger partial charge is 0.385 e. The van der Waals surface area contributed by atoms with Crippen LogP contribution in [0.1, 0.15) is 44.1 Å². The van der Waals surface area contributed by atoms with Crippen LogP contribution in [-0.4, -0.2) is 35.4 Å². The van der Waals surface area contributed by atoms with E-state index in [-0.39, 0.29) is 11.6 Å². The Balaban J connectivity index is 1.33. The van der Waals surface area contributed by atoms with E-state index in [1.54, 1.807) is 12.1 Å². The Bertz CT molecular complexity index is 816. The molecule has 2 aromatic rings. The molecule has 1 saturated heterocycles. The first kappa shape index (κ1) is 21.5. The molecule has 8 nitrogen and oxygen atoms in total. The molecular weight excluding hydrogens is 382 g/mol. The van der Waals surface area contributed by atoms with Crippen LogP contribution in [0, 0.1) is 10.1 Å². The Hall–Kier alpha value is -3.16. The number of rotatable bonds is 9. The molecule has 3 rings (SSSR count). The quantitative estimate of drug-likeness (QED) is 0.369. The number of hydrogen-bond acceptors (Lipinski definition) is 6. The fraction of sp³-hybridized carbons (Fsp3) is 0.455. The molecule has 1 aliphatic rings. The molecule has 0 radical (unpaired) electrons. The molecule has 160 valence electrons. The number of nitro benzene ring substituents is 1. The molecular formula is C22H29N5O3. The summed E-state index contributed by atoms with van der Waals surface area (Å²) in [6, 6.07) is 10.3. The molecule has 0 spiro atoms. The number of hydrogen-bond donors (Lipinski definition) is 2. The van der Waals surface area contributed by atoms with Crippen LogP contribution < -0.4 is 15.5 Å². The summed E-state index contributed by atoms with van der Waals surface area (Å²) in [6.45, 7) is 3.23. The Morgan fingerprint density at radius 3 is 2.43 bits per heavy atom. The van der Waals surface area contributed by atoms with E-state index in [0.717, 1.165) is 30.2 Å². The summed E-state index contributed by atoms with van der Waals surface area (Å²) in [4.78, 5) is 29.2. The number of nitro groups is 1. The number of nitrogens with zero attached hydrogens (tertiary/aromatic N) is 3. The van der Waals surface area contributed by atoms with E-state index >= 15 is 0 Å². The second kappa shape index (κ2) is 11.1. The zero-order valence-corrected chi connectivity index (χ0v) is 17.2. The van der Waals surface area contributed by atoms with E-state index in [2.05, 4.69) is 20.5 Å². The van der Waals surface area contributed by atoms with Gasteiger partial charge in [-0.05, 0) is 43.0 Å². The van der Waals surface area contributed by atoms with Gasteiger partial charge in [0.15, 0.2) is 0 Å². The summed E-state index contributed by atoms with van der Waals surface area (Å²) >= 11 is 0. The van der Waals surface area contributed by atoms with Crippen molar-refractivity contribution >= 4 is 23.1 Å². The van der Waals surface area contributed by atoms with Gasteiger partial charge in [0.2, 0.25) is 5.91 Å². The van der Waals surface area contributed by atoms with Gasteiger partial charge in [0.25, 0.3) is 5.69 Å². The van der Waals surface area contributed by atoms with Crippen molar-refractivity contribution in [1.82, 2.24) is 10.3 Å². The molecule has 1 aromatic heterocycles. The average molecular weight is 412 g/mol. The fourth-order valence-electron chi connectivity index (χ4n) is 3.48. The minimum atomic E-state index is -0.424. The maximum atomic E-state index is 12.1. The van der Waals surface area contributed by atoms with Crippen molar-refractivity contribution in [1.29, 1.82) is 0 Å². The van der Waals surface area contributed by atoms with Gasteiger partial charge in [0.1, 0.15) is 5.82 Å². The van der Waals surface area contributed by atoms with E-state index in [1.807, 2.05) is 18.3 Å². The van der Waals surface area contributed by atoms with Crippen molar-refractivity contribution in [2.45, 2.75) is 45.1 Å². The van der Waals surface area contributed by atoms with Crippen LogP contribution in [0.15, 0.2) is 42.6 Å². The van der Waals surface area contributed by atoms with Gasteiger partial charge in [-0.15, -0.1) is 0 Å². The first-order valence-electron chi connectivity index (χ1n) is 10.6. The highest BCUT2D eigenvalue weighted by Gasteiger charge is 2.11. The number of carbonyl (C=O) groups excluding carboxylic acids is 1. The number of anilines is 2. The Labute approximate surface area is 176 Å². The Morgan fingerprint density at radius 2 is 1.80 bits per heavy atom. The highest BCUT2D eigenvalue weighted by molar-refractivity contribution is 5.75. The third-order valence-corrected chi connectivity index (χ3v) is 5.22. The first-order chi connectivity index (χ1) is 14.6. The second-order valence-electron chi connectivity index (χ2n) is 7.54. The third kappa shape index (κ3) is 6.72. The first-order valence-corrected chi connectivity index (χ1v) is 10.6. The topological polar surface area (TPSA) is 100 Å². The monoisotopic (exact) mass is 411 g/mol. The van der Waals surface area contributed by atoms with Crippen LogP contribution >= 0.6 is 0 Å². The van der Waals surface area contributed by atoms with Crippen molar-refractivity contribution in [3.8, 4) is 0 Å². The van der Waals surface area contributed by atoms with Gasteiger partial charge in [0, 0.05) is 56.6 Å². The van der Waals surface area contributed by atoms with Crippen LogP contribution in [-0.2, 0) is 11.3 Å². The smallest absolute Gasteiger partial charge is 0.269 e. The van der Waals surface area contributed by atoms with E-state index in [0.29, 0.717) is 25.9 Å². The number of pyridine rings is 1. The van der Waals surface area contributed by atoms with Gasteiger partial charge in [-0.1, -0.05) is 18.9 Å². The molecule has 8 heteroatoms. The van der Waals surface area contributed by atoms with Gasteiger partial charge >= 0.3 is 0 Å². The standard InChI is InChI=1S/C22H29N5O3/c28-22(6-5-13-23-19-8-10-20(11-9-19)27(29)30)25-17-18-7-12-21(24-16-18)26-14-3-1-2-4-15-26/h7-12,16,23H,1-6,13-15,17H2,(H,25,28). The zero-order valence-electron chi connectivity index (χ0n) is 17.2. The minimum Gasteiger partial charge on any atom is -0.385 e. The molecule has 1 amide bonds. The van der Waals surface area contributed by atoms with Gasteiger partial charge in [-0.3, -0.25) is 14.9 Å². The lowest BCUT2D eigenvalue weighted by Crippen LogP contribution is -2.25. The number of non-ortho nitro benzene ring substituents is 1. The van der Waals surface area contributed by atoms with Gasteiger partial charge < -0.3 is 15.5 Å². The molecule has 2 N–H and O–H groups in total. The Kier molecular flexibility index (Phi) is 8.00. The number of nitrogens with one attached hydrogen (secondary N) is 2. The number of benzene rings is 1. The summed E-state index contributed by atoms with van der Waals surface area (Å²) in [5, 5.41) is 16.7. The summed E-state index contributed by atoms with van der Waals surface area (Å²) in [5.74, 6) is 1.02. The summed E-state index contributed by atoms with van der Waals surface area (Å²) < 4.78 is 0. The summed E-state index contributed by atoms with van der Waals surface area (Å²) in [6.07, 6.45) is 7.97. The van der Waals surface area contributed by atoms with Crippen molar-refractivity contribution in [3.63, 3.8) is 0 Å². The fourth-order valence-corrected chi connectivity index (χ4v) is 3.48. The predicted molar refractivity (Wildman–Crippen MR) is 118 cm³/mol. The van der Waals surface area contributed by atoms with Crippen LogP contribution in [0.25, 0.3) is 0 Å². The Morgan fingerprint density at radius 1 is 1.07 bits per heavy atom. The number of amides is 1. The summed E-state index contributed by atoms with van der Waals surface area (Å²) in [7, 11) is 0. The van der Waals surface area contributed by atoms with E-state index in [4.69, 9.17) is 0 Å². The van der Waals surface area contributed by atoms with Gasteiger partial charge in [-0.2, -0.15) is 0 Å². The van der Waals surface area contributed by atoms with Crippen LogP contribution in [0.5, 0.6) is 0 Å². The minimum absolute atomic E-state index is 0.00269. The highest BCUT2D eigenvalue weighted by Crippen LogP contribution is 2.18. The lowest BCUT2D eigenvalue weighted by molar-refractivity contribution is -0.384. The molecule has 0 unspecified atom stereocenters. The molecule has 1 fully saturated rings. The third-order valence-electron chi connectivity index (χ3n) is 5.22. The summed E-state index contributed by atoms with van der Waals surface area (Å²) in [5.41, 5.74) is 1.86. The highest BCUT2D eigenvalue weighted by atomic mass is 16.6. The van der Waals surface area contributed by atoms with Crippen molar-refractivity contribution in [3.05, 3.63) is 58.3 Å². The van der Waals surface area contributed by atoms with Crippen LogP contribution in [0.2, 0.25) is 0 Å². The normalized spacial score (nSPS) is 14.1. The van der Waals surface area contributed by atoms with Gasteiger partial charge in [-0.25, -0.2) is 4.98 Å². The molecule has 2 heterocycles. The average Bonchev–Trinajstić information content (AvgIpc) is 3.05. The van der Waals surface area contributed by atoms with Gasteiger partial charge in [0.05, 0.1) is 4.92 Å². The van der Waals surface area contributed by atoms with Crippen molar-refractivity contribution in [2.75, 3.05) is 29.9 Å². The number of carbonyl (C=O) groups is 1. The molecule has 0 bridgehead atoms. The maximum absolute atomic E-state index is 12.1. The lowest BCUT2D eigenvalue weighted by atomic mass is 10.2. The zero-order chi connectivity index (χ0) is 21.2. The van der Waals surface area contributed by atoms with Crippen LogP contribution in [0.4, 0.5) is 17.2 Å². The number of aromatic nitrogens is 1. The SMILES string of the molecule is O=C(CCCNc1ccc([N+](=O)[O-])cc1)NCc1ccc(N2CCCCCC2)nc1. The van der Waals surface area contributed by atoms with E-state index < -0.39 is 4.92 Å². The predicted octanol–water partition coefficient (Wildman–Crippen LogP) is 3.88. The molecule has 0 saturated carbocycles. The van der Waals surface area contributed by atoms with Crippen molar-refractivity contribution < 1.29 is 9.72 Å². The molecule has 1 aromatic carbocycles. The molecule has 0 atom stereocenters. The maximum Gasteiger partial charge on any atom is 0.269 e. The van der Waals surface area contributed by atoms with Crippen molar-refractivity contribution in [2.24, 2.45) is 0 Å². The van der Waals surface area contributed by atoms with Crippen LogP contribution in [0.3, 0.4) is 0 Å².